The van der Waals surface area contributed by atoms with Gasteiger partial charge in [-0.3, -0.25) is 0 Å². The molecule has 1 fully saturated rings. The molecule has 1 aliphatic carbocycles. The molecule has 1 aliphatic rings. The van der Waals surface area contributed by atoms with E-state index in [4.69, 9.17) is 11.6 Å². The fraction of sp³-hybridized carbons (Fsp3) is 0.600. The molecule has 0 amide bonds. The molecule has 0 aromatic heterocycles. The van der Waals surface area contributed by atoms with Crippen LogP contribution in [-0.2, 0) is 6.54 Å². The van der Waals surface area contributed by atoms with Gasteiger partial charge in [0.05, 0.1) is 5.60 Å². The lowest BCUT2D eigenvalue weighted by atomic mass is 9.79. The van der Waals surface area contributed by atoms with Gasteiger partial charge in [-0.1, -0.05) is 43.5 Å². The van der Waals surface area contributed by atoms with Crippen molar-refractivity contribution in [1.29, 1.82) is 0 Å². The lowest BCUT2D eigenvalue weighted by Gasteiger charge is -2.35. The first-order chi connectivity index (χ1) is 8.57. The molecule has 100 valence electrons. The van der Waals surface area contributed by atoms with E-state index in [1.54, 1.807) is 0 Å². The molecule has 2 rings (SSSR count). The van der Waals surface area contributed by atoms with Gasteiger partial charge < -0.3 is 10.4 Å². The monoisotopic (exact) mass is 267 g/mol. The second kappa shape index (κ2) is 6.05. The molecule has 0 aliphatic heterocycles. The molecule has 0 spiro atoms. The number of hydrogen-bond donors (Lipinski definition) is 2. The van der Waals surface area contributed by atoms with Gasteiger partial charge >= 0.3 is 0 Å². The second-order valence-corrected chi connectivity index (χ2v) is 6.09. The van der Waals surface area contributed by atoms with Gasteiger partial charge in [0.2, 0.25) is 0 Å². The Morgan fingerprint density at radius 1 is 1.39 bits per heavy atom. The highest BCUT2D eigenvalue weighted by molar-refractivity contribution is 6.30. The van der Waals surface area contributed by atoms with Crippen LogP contribution in [0.25, 0.3) is 0 Å². The molecule has 0 radical (unpaired) electrons. The highest BCUT2D eigenvalue weighted by Gasteiger charge is 2.31. The quantitative estimate of drug-likeness (QED) is 0.877. The van der Waals surface area contributed by atoms with Gasteiger partial charge in [-0.05, 0) is 36.5 Å². The molecule has 3 heteroatoms. The zero-order valence-electron chi connectivity index (χ0n) is 11.0. The van der Waals surface area contributed by atoms with E-state index in [0.717, 1.165) is 30.8 Å². The van der Waals surface area contributed by atoms with Gasteiger partial charge in [-0.25, -0.2) is 0 Å². The van der Waals surface area contributed by atoms with E-state index in [1.165, 1.54) is 12.0 Å². The number of hydrogen-bond acceptors (Lipinski definition) is 2. The van der Waals surface area contributed by atoms with E-state index >= 15 is 0 Å². The summed E-state index contributed by atoms with van der Waals surface area (Å²) in [6, 6.07) is 7.83. The standard InChI is InChI=1S/C15H22ClNO/c1-12-3-2-8-15(18,9-12)11-17-10-13-4-6-14(16)7-5-13/h4-7,12,17-18H,2-3,8-11H2,1H3. The van der Waals surface area contributed by atoms with Gasteiger partial charge in [-0.2, -0.15) is 0 Å². The molecular weight excluding hydrogens is 246 g/mol. The number of aliphatic hydroxyl groups is 1. The van der Waals surface area contributed by atoms with Crippen molar-refractivity contribution in [2.75, 3.05) is 6.54 Å². The van der Waals surface area contributed by atoms with Crippen LogP contribution < -0.4 is 5.32 Å². The van der Waals surface area contributed by atoms with Gasteiger partial charge in [0.15, 0.2) is 0 Å². The predicted molar refractivity (Wildman–Crippen MR) is 75.7 cm³/mol. The maximum absolute atomic E-state index is 10.5. The van der Waals surface area contributed by atoms with Crippen molar-refractivity contribution in [2.24, 2.45) is 5.92 Å². The summed E-state index contributed by atoms with van der Waals surface area (Å²) >= 11 is 5.85. The minimum absolute atomic E-state index is 0.510. The van der Waals surface area contributed by atoms with Crippen molar-refractivity contribution in [3.05, 3.63) is 34.9 Å². The Morgan fingerprint density at radius 3 is 2.78 bits per heavy atom. The van der Waals surface area contributed by atoms with Crippen molar-refractivity contribution in [2.45, 2.75) is 44.8 Å². The predicted octanol–water partition coefficient (Wildman–Crippen LogP) is 3.37. The van der Waals surface area contributed by atoms with Crippen LogP contribution in [0.15, 0.2) is 24.3 Å². The lowest BCUT2D eigenvalue weighted by molar-refractivity contribution is -0.0119. The number of benzene rings is 1. The van der Waals surface area contributed by atoms with Crippen molar-refractivity contribution in [3.63, 3.8) is 0 Å². The van der Waals surface area contributed by atoms with Crippen LogP contribution >= 0.6 is 11.6 Å². The Bertz CT molecular complexity index is 379. The first-order valence-corrected chi connectivity index (χ1v) is 7.13. The number of rotatable bonds is 4. The Kier molecular flexibility index (Phi) is 4.66. The summed E-state index contributed by atoms with van der Waals surface area (Å²) in [7, 11) is 0. The van der Waals surface area contributed by atoms with E-state index < -0.39 is 5.60 Å². The summed E-state index contributed by atoms with van der Waals surface area (Å²) in [4.78, 5) is 0. The van der Waals surface area contributed by atoms with Gasteiger partial charge in [0, 0.05) is 18.1 Å². The van der Waals surface area contributed by atoms with Crippen LogP contribution in [0.2, 0.25) is 5.02 Å². The summed E-state index contributed by atoms with van der Waals surface area (Å²) in [6.45, 7) is 3.69. The first kappa shape index (κ1) is 13.9. The van der Waals surface area contributed by atoms with Crippen molar-refractivity contribution in [1.82, 2.24) is 5.32 Å². The van der Waals surface area contributed by atoms with Gasteiger partial charge in [0.1, 0.15) is 0 Å². The molecule has 1 aromatic rings. The number of nitrogens with one attached hydrogen (secondary N) is 1. The Hall–Kier alpha value is -0.570. The third-order valence-electron chi connectivity index (χ3n) is 3.76. The van der Waals surface area contributed by atoms with E-state index in [9.17, 15) is 5.11 Å². The lowest BCUT2D eigenvalue weighted by Crippen LogP contribution is -2.43. The van der Waals surface area contributed by atoms with Crippen LogP contribution in [0.1, 0.15) is 38.2 Å². The Labute approximate surface area is 114 Å². The molecule has 2 atom stereocenters. The molecule has 2 nitrogen and oxygen atoms in total. The van der Waals surface area contributed by atoms with Gasteiger partial charge in [-0.15, -0.1) is 0 Å². The summed E-state index contributed by atoms with van der Waals surface area (Å²) < 4.78 is 0. The SMILES string of the molecule is CC1CCCC(O)(CNCc2ccc(Cl)cc2)C1. The van der Waals surface area contributed by atoms with Crippen LogP contribution in [-0.4, -0.2) is 17.3 Å². The van der Waals surface area contributed by atoms with Crippen LogP contribution in [0.5, 0.6) is 0 Å². The molecule has 2 N–H and O–H groups in total. The molecule has 0 saturated heterocycles. The average Bonchev–Trinajstić information content (AvgIpc) is 2.31. The molecular formula is C15H22ClNO. The Balaban J connectivity index is 1.79. The highest BCUT2D eigenvalue weighted by Crippen LogP contribution is 2.31. The molecule has 2 unspecified atom stereocenters. The topological polar surface area (TPSA) is 32.3 Å². The zero-order valence-corrected chi connectivity index (χ0v) is 11.7. The van der Waals surface area contributed by atoms with E-state index in [-0.39, 0.29) is 0 Å². The van der Waals surface area contributed by atoms with Crippen molar-refractivity contribution >= 4 is 11.6 Å². The van der Waals surface area contributed by atoms with Crippen molar-refractivity contribution < 1.29 is 5.11 Å². The van der Waals surface area contributed by atoms with Crippen LogP contribution in [0, 0.1) is 5.92 Å². The first-order valence-electron chi connectivity index (χ1n) is 6.75. The summed E-state index contributed by atoms with van der Waals surface area (Å²) in [6.07, 6.45) is 4.23. The molecule has 0 heterocycles. The fourth-order valence-corrected chi connectivity index (χ4v) is 2.96. The summed E-state index contributed by atoms with van der Waals surface area (Å²) in [5.74, 6) is 0.640. The molecule has 1 saturated carbocycles. The second-order valence-electron chi connectivity index (χ2n) is 5.66. The van der Waals surface area contributed by atoms with Crippen molar-refractivity contribution in [3.8, 4) is 0 Å². The highest BCUT2D eigenvalue weighted by atomic mass is 35.5. The van der Waals surface area contributed by atoms with E-state index in [2.05, 4.69) is 12.2 Å². The molecule has 18 heavy (non-hydrogen) atoms. The maximum Gasteiger partial charge on any atom is 0.0774 e. The third kappa shape index (κ3) is 3.98. The minimum Gasteiger partial charge on any atom is -0.389 e. The van der Waals surface area contributed by atoms with Crippen LogP contribution in [0.3, 0.4) is 0 Å². The summed E-state index contributed by atoms with van der Waals surface area (Å²) in [5, 5.41) is 14.6. The smallest absolute Gasteiger partial charge is 0.0774 e. The largest absolute Gasteiger partial charge is 0.389 e. The molecule has 1 aromatic carbocycles. The van der Waals surface area contributed by atoms with Crippen LogP contribution in [0.4, 0.5) is 0 Å². The Morgan fingerprint density at radius 2 is 2.11 bits per heavy atom. The maximum atomic E-state index is 10.5. The third-order valence-corrected chi connectivity index (χ3v) is 4.02. The van der Waals surface area contributed by atoms with E-state index in [1.807, 2.05) is 24.3 Å². The molecule has 0 bridgehead atoms. The zero-order chi connectivity index (χ0) is 13.0. The average molecular weight is 268 g/mol. The number of halogens is 1. The summed E-state index contributed by atoms with van der Waals surface area (Å²) in [5.41, 5.74) is 0.691. The van der Waals surface area contributed by atoms with E-state index in [0.29, 0.717) is 12.5 Å². The fourth-order valence-electron chi connectivity index (χ4n) is 2.83. The van der Waals surface area contributed by atoms with Gasteiger partial charge in [0.25, 0.3) is 0 Å². The normalized spacial score (nSPS) is 28.3. The minimum atomic E-state index is -0.510.